The molecule has 2 heterocycles. The predicted octanol–water partition coefficient (Wildman–Crippen LogP) is 0.931. The van der Waals surface area contributed by atoms with Crippen molar-refractivity contribution in [1.29, 1.82) is 0 Å². The summed E-state index contributed by atoms with van der Waals surface area (Å²) in [5.41, 5.74) is 1.18. The number of carbonyl (C=O) groups excluding carboxylic acids is 4. The summed E-state index contributed by atoms with van der Waals surface area (Å²) >= 11 is 0. The Morgan fingerprint density at radius 2 is 1.80 bits per heavy atom. The van der Waals surface area contributed by atoms with Gasteiger partial charge in [-0.25, -0.2) is 4.68 Å². The summed E-state index contributed by atoms with van der Waals surface area (Å²) in [6.07, 6.45) is 2.69. The molecule has 4 amide bonds. The lowest BCUT2D eigenvalue weighted by atomic mass is 9.94. The molecule has 3 aromatic rings. The summed E-state index contributed by atoms with van der Waals surface area (Å²) in [6, 6.07) is 11.9. The molecule has 3 atom stereocenters. The molecule has 1 fully saturated rings. The van der Waals surface area contributed by atoms with E-state index in [1.54, 1.807) is 29.1 Å². The predicted molar refractivity (Wildman–Crippen MR) is 163 cm³/mol. The zero-order chi connectivity index (χ0) is 32.0. The minimum Gasteiger partial charge on any atom is -0.491 e. The van der Waals surface area contributed by atoms with Crippen LogP contribution in [0.1, 0.15) is 59.8 Å². The number of rotatable bonds is 3. The quantitative estimate of drug-likeness (QED) is 0.288. The Labute approximate surface area is 261 Å². The van der Waals surface area contributed by atoms with Gasteiger partial charge >= 0.3 is 0 Å². The molecule has 0 saturated heterocycles. The third-order valence-electron chi connectivity index (χ3n) is 8.27. The first-order valence-corrected chi connectivity index (χ1v) is 15.2. The van der Waals surface area contributed by atoms with Crippen LogP contribution >= 0.6 is 0 Å². The number of amides is 4. The van der Waals surface area contributed by atoms with E-state index in [4.69, 9.17) is 4.74 Å². The highest BCUT2D eigenvalue weighted by Crippen LogP contribution is 2.31. The maximum atomic E-state index is 13.8. The minimum atomic E-state index is -1.38. The molecule has 5 N–H and O–H groups in total. The van der Waals surface area contributed by atoms with Crippen molar-refractivity contribution in [1.82, 2.24) is 36.3 Å². The van der Waals surface area contributed by atoms with Gasteiger partial charge in [-0.2, -0.15) is 0 Å². The Balaban J connectivity index is 1.46. The number of hydrogen-bond acceptors (Lipinski definition) is 8. The number of carbonyl (C=O) groups is 4. The highest BCUT2D eigenvalue weighted by Gasteiger charge is 2.44. The maximum absolute atomic E-state index is 13.8. The van der Waals surface area contributed by atoms with E-state index in [2.05, 4.69) is 31.6 Å². The van der Waals surface area contributed by atoms with Gasteiger partial charge in [-0.1, -0.05) is 54.5 Å². The highest BCUT2D eigenvalue weighted by molar-refractivity contribution is 6.01. The Kier molecular flexibility index (Phi) is 9.77. The van der Waals surface area contributed by atoms with Crippen LogP contribution in [0.5, 0.6) is 5.75 Å². The lowest BCUT2D eigenvalue weighted by molar-refractivity contribution is -0.136. The van der Waals surface area contributed by atoms with E-state index in [-0.39, 0.29) is 19.6 Å². The molecular weight excluding hydrogens is 578 g/mol. The van der Waals surface area contributed by atoms with Gasteiger partial charge in [-0.15, -0.1) is 5.10 Å². The molecule has 1 aliphatic carbocycles. The standard InChI is InChI=1S/C32H39N7O6/c1-20-10-11-23-17-26(20)45-15-14-39-19-24(37-38-39)18-33-29(42)25(16-22-8-4-3-5-9-22)34-30(43)27(21(2)40)35-31(44)32(36-28(23)41)12-6-7-13-32/h3-5,8-11,17,19,21,25,27,40H,6-7,12-16,18H2,1-2H3,(H,33,42)(H,34,43)(H,35,44)(H,36,41)/t21-,25-,27+/m1/s1. The van der Waals surface area contributed by atoms with E-state index in [1.165, 1.54) is 6.92 Å². The molecule has 1 saturated carbocycles. The molecule has 4 bridgehead atoms. The van der Waals surface area contributed by atoms with Gasteiger partial charge in [0, 0.05) is 12.0 Å². The van der Waals surface area contributed by atoms with Crippen molar-refractivity contribution in [2.24, 2.45) is 0 Å². The first kappa shape index (κ1) is 31.6. The van der Waals surface area contributed by atoms with Crippen molar-refractivity contribution < 1.29 is 29.0 Å². The molecule has 13 nitrogen and oxygen atoms in total. The summed E-state index contributed by atoms with van der Waals surface area (Å²) in [5.74, 6) is -1.72. The van der Waals surface area contributed by atoms with E-state index < -0.39 is 47.4 Å². The normalized spacial score (nSPS) is 21.8. The Morgan fingerprint density at radius 1 is 1.04 bits per heavy atom. The summed E-state index contributed by atoms with van der Waals surface area (Å²) in [4.78, 5) is 54.3. The molecule has 5 rings (SSSR count). The zero-order valence-electron chi connectivity index (χ0n) is 25.4. The van der Waals surface area contributed by atoms with Gasteiger partial charge < -0.3 is 31.1 Å². The molecule has 2 aliphatic rings. The summed E-state index contributed by atoms with van der Waals surface area (Å²) < 4.78 is 7.57. The lowest BCUT2D eigenvalue weighted by Gasteiger charge is -2.32. The van der Waals surface area contributed by atoms with Crippen molar-refractivity contribution in [3.05, 3.63) is 77.1 Å². The van der Waals surface area contributed by atoms with Gasteiger partial charge in [0.2, 0.25) is 17.7 Å². The third-order valence-corrected chi connectivity index (χ3v) is 8.27. The Morgan fingerprint density at radius 3 is 2.53 bits per heavy atom. The lowest BCUT2D eigenvalue weighted by Crippen LogP contribution is -2.63. The van der Waals surface area contributed by atoms with Crippen molar-refractivity contribution in [2.75, 3.05) is 6.61 Å². The Bertz CT molecular complexity index is 1530. The molecule has 0 unspecified atom stereocenters. The number of aromatic nitrogens is 3. The molecule has 1 aromatic heterocycles. The molecule has 1 aliphatic heterocycles. The largest absolute Gasteiger partial charge is 0.491 e. The smallest absolute Gasteiger partial charge is 0.252 e. The first-order chi connectivity index (χ1) is 21.6. The number of aryl methyl sites for hydroxylation is 1. The van der Waals surface area contributed by atoms with Crippen LogP contribution in [0.3, 0.4) is 0 Å². The first-order valence-electron chi connectivity index (χ1n) is 15.2. The average molecular weight is 618 g/mol. The van der Waals surface area contributed by atoms with E-state index in [1.807, 2.05) is 37.3 Å². The van der Waals surface area contributed by atoms with Crippen molar-refractivity contribution >= 4 is 23.6 Å². The van der Waals surface area contributed by atoms with Crippen LogP contribution in [-0.4, -0.2) is 74.1 Å². The SMILES string of the molecule is Cc1ccc2cc1OCCn1cc(nn1)CNC(=O)[C@@H](Cc1ccccc1)NC(=O)[C@H]([C@@H](C)O)NC(=O)C1(CCCC1)NC2=O. The van der Waals surface area contributed by atoms with Crippen LogP contribution in [0.15, 0.2) is 54.7 Å². The molecule has 13 heteroatoms. The van der Waals surface area contributed by atoms with Crippen LogP contribution in [0, 0.1) is 6.92 Å². The molecular formula is C32H39N7O6. The van der Waals surface area contributed by atoms with E-state index in [0.29, 0.717) is 49.2 Å². The molecule has 45 heavy (non-hydrogen) atoms. The topological polar surface area (TPSA) is 177 Å². The molecule has 0 radical (unpaired) electrons. The van der Waals surface area contributed by atoms with Crippen LogP contribution in [0.25, 0.3) is 0 Å². The minimum absolute atomic E-state index is 0.0644. The second-order valence-electron chi connectivity index (χ2n) is 11.7. The second-order valence-corrected chi connectivity index (χ2v) is 11.7. The van der Waals surface area contributed by atoms with Gasteiger partial charge in [0.1, 0.15) is 35.7 Å². The fraction of sp³-hybridized carbons (Fsp3) is 0.438. The number of aliphatic hydroxyl groups excluding tert-OH is 1. The average Bonchev–Trinajstić information content (AvgIpc) is 3.69. The Hall–Kier alpha value is -4.78. The second kappa shape index (κ2) is 13.9. The summed E-state index contributed by atoms with van der Waals surface area (Å²) in [6.45, 7) is 3.93. The van der Waals surface area contributed by atoms with Gasteiger partial charge in [0.15, 0.2) is 0 Å². The molecule has 238 valence electrons. The number of fused-ring (bicyclic) bond motifs is 4. The van der Waals surface area contributed by atoms with Crippen LogP contribution in [-0.2, 0) is 33.9 Å². The van der Waals surface area contributed by atoms with E-state index >= 15 is 0 Å². The number of benzene rings is 2. The highest BCUT2D eigenvalue weighted by atomic mass is 16.5. The van der Waals surface area contributed by atoms with Gasteiger partial charge in [0.05, 0.1) is 25.4 Å². The zero-order valence-corrected chi connectivity index (χ0v) is 25.4. The van der Waals surface area contributed by atoms with Gasteiger partial charge in [-0.3, -0.25) is 19.2 Å². The van der Waals surface area contributed by atoms with Gasteiger partial charge in [-0.05, 0) is 49.9 Å². The number of nitrogens with one attached hydrogen (secondary N) is 4. The van der Waals surface area contributed by atoms with Crippen LogP contribution in [0.2, 0.25) is 0 Å². The summed E-state index contributed by atoms with van der Waals surface area (Å²) in [7, 11) is 0. The van der Waals surface area contributed by atoms with Crippen LogP contribution in [0.4, 0.5) is 0 Å². The van der Waals surface area contributed by atoms with Crippen molar-refractivity contribution in [3.63, 3.8) is 0 Å². The molecule has 2 aromatic carbocycles. The maximum Gasteiger partial charge on any atom is 0.252 e. The monoisotopic (exact) mass is 617 g/mol. The number of hydrogen-bond donors (Lipinski definition) is 5. The van der Waals surface area contributed by atoms with Crippen molar-refractivity contribution in [2.45, 2.75) is 82.8 Å². The number of ether oxygens (including phenoxy) is 1. The van der Waals surface area contributed by atoms with Crippen molar-refractivity contribution in [3.8, 4) is 5.75 Å². The van der Waals surface area contributed by atoms with Crippen LogP contribution < -0.4 is 26.0 Å². The number of nitrogens with zero attached hydrogens (tertiary/aromatic N) is 3. The third kappa shape index (κ3) is 7.66. The fourth-order valence-electron chi connectivity index (χ4n) is 5.66. The summed E-state index contributed by atoms with van der Waals surface area (Å²) in [5, 5.41) is 30.0. The molecule has 1 spiro atoms. The van der Waals surface area contributed by atoms with E-state index in [9.17, 15) is 24.3 Å². The van der Waals surface area contributed by atoms with Gasteiger partial charge in [0.25, 0.3) is 5.91 Å². The number of aliphatic hydroxyl groups is 1. The van der Waals surface area contributed by atoms with E-state index in [0.717, 1.165) is 11.1 Å². The fourth-order valence-corrected chi connectivity index (χ4v) is 5.66.